The molecule has 2 heterocycles. The molecule has 2 aromatic rings. The quantitative estimate of drug-likeness (QED) is 0.688. The largest absolute Gasteiger partial charge is 0.382 e. The van der Waals surface area contributed by atoms with Crippen LogP contribution >= 0.6 is 0 Å². The molecule has 0 unspecified atom stereocenters. The van der Waals surface area contributed by atoms with Crippen LogP contribution in [0.1, 0.15) is 17.5 Å². The fraction of sp³-hybridized carbons (Fsp3) is 0.526. The average molecular weight is 347 g/mol. The van der Waals surface area contributed by atoms with Crippen molar-refractivity contribution in [2.24, 2.45) is 7.05 Å². The van der Waals surface area contributed by atoms with Crippen LogP contribution in [0.3, 0.4) is 0 Å². The van der Waals surface area contributed by atoms with Crippen molar-refractivity contribution in [3.8, 4) is 0 Å². The molecule has 3 rings (SSSR count). The zero-order valence-electron chi connectivity index (χ0n) is 14.9. The first-order valence-electron chi connectivity index (χ1n) is 8.72. The number of ether oxygens (including phenoxy) is 2. The van der Waals surface area contributed by atoms with Gasteiger partial charge in [0.15, 0.2) is 0 Å². The number of aryl methyl sites for hydroxylation is 1. The molecular weight excluding hydrogens is 321 g/mol. The molecule has 5 nitrogen and oxygen atoms in total. The van der Waals surface area contributed by atoms with Crippen molar-refractivity contribution < 1.29 is 13.9 Å². The van der Waals surface area contributed by atoms with E-state index in [4.69, 9.17) is 9.47 Å². The van der Waals surface area contributed by atoms with Gasteiger partial charge in [0.1, 0.15) is 5.82 Å². The maximum Gasteiger partial charge on any atom is 0.123 e. The Balaban J connectivity index is 1.69. The van der Waals surface area contributed by atoms with Crippen molar-refractivity contribution in [2.45, 2.75) is 31.5 Å². The maximum absolute atomic E-state index is 13.1. The summed E-state index contributed by atoms with van der Waals surface area (Å²) in [6, 6.07) is 7.04. The second-order valence-electron chi connectivity index (χ2n) is 6.58. The Bertz CT molecular complexity index is 659. The molecule has 1 aliphatic rings. The molecule has 0 spiro atoms. The second-order valence-corrected chi connectivity index (χ2v) is 6.58. The monoisotopic (exact) mass is 347 g/mol. The number of methoxy groups -OCH3 is 1. The summed E-state index contributed by atoms with van der Waals surface area (Å²) in [4.78, 5) is 2.43. The molecule has 0 N–H and O–H groups in total. The number of aromatic nitrogens is 2. The van der Waals surface area contributed by atoms with Crippen LogP contribution in [-0.2, 0) is 29.5 Å². The van der Waals surface area contributed by atoms with E-state index in [9.17, 15) is 4.39 Å². The Labute approximate surface area is 148 Å². The molecule has 0 aliphatic carbocycles. The highest BCUT2D eigenvalue weighted by molar-refractivity contribution is 5.17. The summed E-state index contributed by atoms with van der Waals surface area (Å²) in [7, 11) is 3.62. The molecular formula is C19H26FN3O2. The predicted molar refractivity (Wildman–Crippen MR) is 93.7 cm³/mol. The van der Waals surface area contributed by atoms with Gasteiger partial charge < -0.3 is 9.47 Å². The molecule has 0 amide bonds. The van der Waals surface area contributed by atoms with Crippen molar-refractivity contribution in [3.05, 3.63) is 53.6 Å². The lowest BCUT2D eigenvalue weighted by Gasteiger charge is -2.28. The lowest BCUT2D eigenvalue weighted by molar-refractivity contribution is -0.00131. The van der Waals surface area contributed by atoms with Crippen LogP contribution in [0, 0.1) is 5.82 Å². The van der Waals surface area contributed by atoms with Gasteiger partial charge in [-0.3, -0.25) is 9.58 Å². The van der Waals surface area contributed by atoms with Gasteiger partial charge >= 0.3 is 0 Å². The van der Waals surface area contributed by atoms with Crippen LogP contribution in [0.25, 0.3) is 0 Å². The SMILES string of the molecule is COCCO[C@H]1CCN(Cc2ccc(F)cc2)[C@H]1Cc1cnn(C)c1. The van der Waals surface area contributed by atoms with Crippen molar-refractivity contribution in [1.82, 2.24) is 14.7 Å². The Morgan fingerprint density at radius 2 is 2.00 bits per heavy atom. The van der Waals surface area contributed by atoms with Gasteiger partial charge in [0.2, 0.25) is 0 Å². The van der Waals surface area contributed by atoms with Crippen LogP contribution < -0.4 is 0 Å². The molecule has 0 saturated carbocycles. The highest BCUT2D eigenvalue weighted by Gasteiger charge is 2.35. The second kappa shape index (κ2) is 8.56. The van der Waals surface area contributed by atoms with Gasteiger partial charge in [0.25, 0.3) is 0 Å². The number of benzene rings is 1. The van der Waals surface area contributed by atoms with Gasteiger partial charge in [-0.05, 0) is 36.1 Å². The highest BCUT2D eigenvalue weighted by atomic mass is 19.1. The lowest BCUT2D eigenvalue weighted by Crippen LogP contribution is -2.38. The van der Waals surface area contributed by atoms with E-state index in [1.807, 2.05) is 30.1 Å². The van der Waals surface area contributed by atoms with Gasteiger partial charge in [-0.15, -0.1) is 0 Å². The van der Waals surface area contributed by atoms with Gasteiger partial charge in [0.05, 0.1) is 25.5 Å². The minimum atomic E-state index is -0.196. The first-order valence-corrected chi connectivity index (χ1v) is 8.72. The van der Waals surface area contributed by atoms with E-state index in [0.29, 0.717) is 13.2 Å². The average Bonchev–Trinajstić information content (AvgIpc) is 3.18. The molecule has 1 aromatic carbocycles. The third-order valence-corrected chi connectivity index (χ3v) is 4.72. The summed E-state index contributed by atoms with van der Waals surface area (Å²) >= 11 is 0. The highest BCUT2D eigenvalue weighted by Crippen LogP contribution is 2.26. The van der Waals surface area contributed by atoms with Crippen LogP contribution in [0.4, 0.5) is 4.39 Å². The first-order chi connectivity index (χ1) is 12.2. The number of rotatable bonds is 8. The minimum absolute atomic E-state index is 0.177. The normalized spacial score (nSPS) is 21.1. The Hall–Kier alpha value is -1.76. The van der Waals surface area contributed by atoms with E-state index in [-0.39, 0.29) is 18.0 Å². The number of hydrogen-bond donors (Lipinski definition) is 0. The zero-order valence-corrected chi connectivity index (χ0v) is 14.9. The third kappa shape index (κ3) is 4.87. The van der Waals surface area contributed by atoms with Crippen molar-refractivity contribution in [2.75, 3.05) is 26.9 Å². The molecule has 2 atom stereocenters. The summed E-state index contributed by atoms with van der Waals surface area (Å²) in [6.07, 6.45) is 6.04. The zero-order chi connectivity index (χ0) is 17.6. The van der Waals surface area contributed by atoms with Crippen molar-refractivity contribution >= 4 is 0 Å². The molecule has 0 bridgehead atoms. The topological polar surface area (TPSA) is 39.5 Å². The van der Waals surface area contributed by atoms with Crippen LogP contribution in [0.2, 0.25) is 0 Å². The van der Waals surface area contributed by atoms with Crippen LogP contribution in [0.15, 0.2) is 36.7 Å². The molecule has 1 fully saturated rings. The predicted octanol–water partition coefficient (Wildman–Crippen LogP) is 2.41. The van der Waals surface area contributed by atoms with Gasteiger partial charge in [-0.2, -0.15) is 5.10 Å². The van der Waals surface area contributed by atoms with E-state index in [0.717, 1.165) is 31.5 Å². The molecule has 0 radical (unpaired) electrons. The van der Waals surface area contributed by atoms with Crippen molar-refractivity contribution in [1.29, 1.82) is 0 Å². The fourth-order valence-corrected chi connectivity index (χ4v) is 3.46. The summed E-state index contributed by atoms with van der Waals surface area (Å²) in [5, 5.41) is 4.27. The van der Waals surface area contributed by atoms with Crippen LogP contribution in [0.5, 0.6) is 0 Å². The van der Waals surface area contributed by atoms with E-state index >= 15 is 0 Å². The van der Waals surface area contributed by atoms with Gasteiger partial charge in [-0.25, -0.2) is 4.39 Å². The number of nitrogens with zero attached hydrogens (tertiary/aromatic N) is 3. The molecule has 6 heteroatoms. The summed E-state index contributed by atoms with van der Waals surface area (Å²) in [5.74, 6) is -0.196. The van der Waals surface area contributed by atoms with E-state index in [1.54, 1.807) is 7.11 Å². The van der Waals surface area contributed by atoms with Gasteiger partial charge in [0, 0.05) is 39.5 Å². The molecule has 1 saturated heterocycles. The molecule has 136 valence electrons. The lowest BCUT2D eigenvalue weighted by atomic mass is 10.0. The smallest absolute Gasteiger partial charge is 0.123 e. The van der Waals surface area contributed by atoms with Crippen LogP contribution in [-0.4, -0.2) is 53.7 Å². The molecule has 1 aromatic heterocycles. The fourth-order valence-electron chi connectivity index (χ4n) is 3.46. The standard InChI is InChI=1S/C19H26FN3O2/c1-22-13-16(12-21-22)11-18-19(25-10-9-24-2)7-8-23(18)14-15-3-5-17(20)6-4-15/h3-6,12-13,18-19H,7-11,14H2,1-2H3/t18-,19-/m0/s1. The van der Waals surface area contributed by atoms with E-state index in [1.165, 1.54) is 17.7 Å². The third-order valence-electron chi connectivity index (χ3n) is 4.72. The van der Waals surface area contributed by atoms with Gasteiger partial charge in [-0.1, -0.05) is 12.1 Å². The summed E-state index contributed by atoms with van der Waals surface area (Å²) < 4.78 is 26.1. The van der Waals surface area contributed by atoms with Crippen molar-refractivity contribution in [3.63, 3.8) is 0 Å². The van der Waals surface area contributed by atoms with E-state index in [2.05, 4.69) is 16.2 Å². The van der Waals surface area contributed by atoms with E-state index < -0.39 is 0 Å². The molecule has 25 heavy (non-hydrogen) atoms. The Morgan fingerprint density at radius 1 is 1.20 bits per heavy atom. The molecule has 1 aliphatic heterocycles. The number of hydrogen-bond acceptors (Lipinski definition) is 4. The first kappa shape index (κ1) is 18.0. The maximum atomic E-state index is 13.1. The number of likely N-dealkylation sites (tertiary alicyclic amines) is 1. The number of halogens is 1. The minimum Gasteiger partial charge on any atom is -0.382 e. The summed E-state index contributed by atoms with van der Waals surface area (Å²) in [5.41, 5.74) is 2.33. The summed E-state index contributed by atoms with van der Waals surface area (Å²) in [6.45, 7) is 2.98. The Kier molecular flexibility index (Phi) is 6.18. The Morgan fingerprint density at radius 3 is 2.68 bits per heavy atom.